The van der Waals surface area contributed by atoms with Crippen LogP contribution in [-0.2, 0) is 13.0 Å². The normalized spacial score (nSPS) is 12.8. The van der Waals surface area contributed by atoms with Crippen LogP contribution in [0.2, 0.25) is 0 Å². The van der Waals surface area contributed by atoms with Crippen LogP contribution in [-0.4, -0.2) is 19.7 Å². The first-order valence-corrected chi connectivity index (χ1v) is 9.76. The molecular weight excluding hydrogens is 364 g/mol. The minimum Gasteiger partial charge on any atom is -0.495 e. The van der Waals surface area contributed by atoms with Crippen LogP contribution in [0.3, 0.4) is 0 Å². The molecule has 0 bridgehead atoms. The fourth-order valence-electron chi connectivity index (χ4n) is 3.65. The molecule has 0 aliphatic carbocycles. The summed E-state index contributed by atoms with van der Waals surface area (Å²) in [5.41, 5.74) is 4.25. The Labute approximate surface area is 170 Å². The Morgan fingerprint density at radius 3 is 2.66 bits per heavy atom. The van der Waals surface area contributed by atoms with Gasteiger partial charge in [-0.05, 0) is 42.2 Å². The van der Waals surface area contributed by atoms with Gasteiger partial charge >= 0.3 is 6.09 Å². The fraction of sp³-hybridized carbons (Fsp3) is 0.208. The van der Waals surface area contributed by atoms with Crippen molar-refractivity contribution in [3.05, 3.63) is 83.9 Å². The minimum atomic E-state index is -0.542. The summed E-state index contributed by atoms with van der Waals surface area (Å²) in [6, 6.07) is 23.5. The molecule has 0 spiro atoms. The highest BCUT2D eigenvalue weighted by atomic mass is 16.6. The first-order valence-electron chi connectivity index (χ1n) is 9.76. The number of fused-ring (bicyclic) bond motifs is 1. The number of methoxy groups -OCH3 is 1. The van der Waals surface area contributed by atoms with Gasteiger partial charge in [-0.1, -0.05) is 48.5 Å². The van der Waals surface area contributed by atoms with Crippen molar-refractivity contribution in [1.82, 2.24) is 0 Å². The van der Waals surface area contributed by atoms with Crippen LogP contribution in [0.25, 0.3) is 0 Å². The largest absolute Gasteiger partial charge is 0.495 e. The Balaban J connectivity index is 1.49. The Morgan fingerprint density at radius 1 is 1.03 bits per heavy atom. The maximum absolute atomic E-state index is 12.4. The van der Waals surface area contributed by atoms with Crippen molar-refractivity contribution in [1.29, 1.82) is 0 Å². The first kappa shape index (κ1) is 18.9. The standard InChI is InChI=1S/C24H24N2O3/c1-28-23-12-6-5-11-21(23)25-24(27)29-20-14-13-19-10-7-15-26(22(19)16-20)17-18-8-3-2-4-9-18/h2-6,8-9,11-14,16H,7,10,15,17H2,1H3,(H,25,27). The van der Waals surface area contributed by atoms with E-state index in [1.165, 1.54) is 11.1 Å². The lowest BCUT2D eigenvalue weighted by molar-refractivity contribution is 0.215. The Hall–Kier alpha value is -3.47. The highest BCUT2D eigenvalue weighted by Crippen LogP contribution is 2.32. The Bertz CT molecular complexity index is 988. The molecule has 1 N–H and O–H groups in total. The maximum atomic E-state index is 12.4. The van der Waals surface area contributed by atoms with Crippen LogP contribution in [0.4, 0.5) is 16.2 Å². The molecule has 1 heterocycles. The predicted molar refractivity (Wildman–Crippen MR) is 115 cm³/mol. The monoisotopic (exact) mass is 388 g/mol. The smallest absolute Gasteiger partial charge is 0.417 e. The SMILES string of the molecule is COc1ccccc1NC(=O)Oc1ccc2c(c1)N(Cc1ccccc1)CCC2. The number of hydrogen-bond donors (Lipinski definition) is 1. The Kier molecular flexibility index (Phi) is 5.66. The summed E-state index contributed by atoms with van der Waals surface area (Å²) in [5, 5.41) is 2.74. The second-order valence-corrected chi connectivity index (χ2v) is 7.02. The molecule has 0 aromatic heterocycles. The number of nitrogens with zero attached hydrogens (tertiary/aromatic N) is 1. The maximum Gasteiger partial charge on any atom is 0.417 e. The van der Waals surface area contributed by atoms with E-state index in [1.54, 1.807) is 19.2 Å². The molecule has 4 rings (SSSR count). The van der Waals surface area contributed by atoms with Gasteiger partial charge in [-0.2, -0.15) is 0 Å². The van der Waals surface area contributed by atoms with Crippen molar-refractivity contribution in [2.45, 2.75) is 19.4 Å². The van der Waals surface area contributed by atoms with Crippen molar-refractivity contribution >= 4 is 17.5 Å². The highest BCUT2D eigenvalue weighted by Gasteiger charge is 2.19. The molecule has 0 radical (unpaired) electrons. The molecule has 5 heteroatoms. The van der Waals surface area contributed by atoms with Crippen molar-refractivity contribution < 1.29 is 14.3 Å². The molecule has 0 fully saturated rings. The van der Waals surface area contributed by atoms with Crippen LogP contribution < -0.4 is 19.7 Å². The number of nitrogens with one attached hydrogen (secondary N) is 1. The molecule has 1 aliphatic heterocycles. The fourth-order valence-corrected chi connectivity index (χ4v) is 3.65. The van der Waals surface area contributed by atoms with Crippen LogP contribution in [0.1, 0.15) is 17.5 Å². The van der Waals surface area contributed by atoms with Gasteiger partial charge in [-0.25, -0.2) is 4.79 Å². The molecule has 1 aliphatic rings. The number of aryl methyl sites for hydroxylation is 1. The summed E-state index contributed by atoms with van der Waals surface area (Å²) in [5.74, 6) is 1.11. The van der Waals surface area contributed by atoms with Crippen molar-refractivity contribution in [2.24, 2.45) is 0 Å². The summed E-state index contributed by atoms with van der Waals surface area (Å²) in [7, 11) is 1.57. The van der Waals surface area contributed by atoms with Gasteiger partial charge in [0.15, 0.2) is 0 Å². The number of ether oxygens (including phenoxy) is 2. The van der Waals surface area contributed by atoms with Gasteiger partial charge in [0.25, 0.3) is 0 Å². The van der Waals surface area contributed by atoms with Crippen LogP contribution in [0, 0.1) is 0 Å². The second kappa shape index (κ2) is 8.69. The summed E-state index contributed by atoms with van der Waals surface area (Å²) >= 11 is 0. The summed E-state index contributed by atoms with van der Waals surface area (Å²) in [6.07, 6.45) is 1.61. The van der Waals surface area contributed by atoms with E-state index in [4.69, 9.17) is 9.47 Å². The van der Waals surface area contributed by atoms with E-state index < -0.39 is 6.09 Å². The average Bonchev–Trinajstić information content (AvgIpc) is 2.75. The van der Waals surface area contributed by atoms with Gasteiger partial charge in [0.2, 0.25) is 0 Å². The molecule has 0 unspecified atom stereocenters. The molecule has 1 amide bonds. The zero-order valence-corrected chi connectivity index (χ0v) is 16.4. The van der Waals surface area contributed by atoms with Gasteiger partial charge in [-0.15, -0.1) is 0 Å². The van der Waals surface area contributed by atoms with E-state index in [0.29, 0.717) is 17.2 Å². The summed E-state index contributed by atoms with van der Waals surface area (Å²) in [6.45, 7) is 1.82. The first-order chi connectivity index (χ1) is 14.2. The molecular formula is C24H24N2O3. The number of carbonyl (C=O) groups is 1. The minimum absolute atomic E-state index is 0.524. The molecule has 3 aromatic carbocycles. The van der Waals surface area contributed by atoms with Gasteiger partial charge in [0.05, 0.1) is 12.8 Å². The number of rotatable bonds is 5. The number of carbonyl (C=O) groups excluding carboxylic acids is 1. The third kappa shape index (κ3) is 4.51. The zero-order valence-electron chi connectivity index (χ0n) is 16.4. The van der Waals surface area contributed by atoms with Gasteiger partial charge < -0.3 is 14.4 Å². The average molecular weight is 388 g/mol. The van der Waals surface area contributed by atoms with Crippen LogP contribution >= 0.6 is 0 Å². The molecule has 148 valence electrons. The molecule has 0 atom stereocenters. The molecule has 3 aromatic rings. The predicted octanol–water partition coefficient (Wildman–Crippen LogP) is 5.26. The number of hydrogen-bond acceptors (Lipinski definition) is 4. The number of benzene rings is 3. The van der Waals surface area contributed by atoms with E-state index in [9.17, 15) is 4.79 Å². The van der Waals surface area contributed by atoms with Crippen molar-refractivity contribution in [3.8, 4) is 11.5 Å². The van der Waals surface area contributed by atoms with E-state index in [2.05, 4.69) is 40.5 Å². The molecule has 0 saturated heterocycles. The van der Waals surface area contributed by atoms with E-state index in [-0.39, 0.29) is 0 Å². The van der Waals surface area contributed by atoms with Crippen molar-refractivity contribution in [2.75, 3.05) is 23.9 Å². The van der Waals surface area contributed by atoms with Gasteiger partial charge in [-0.3, -0.25) is 5.32 Å². The summed E-state index contributed by atoms with van der Waals surface area (Å²) < 4.78 is 10.8. The van der Waals surface area contributed by atoms with Crippen LogP contribution in [0.5, 0.6) is 11.5 Å². The van der Waals surface area contributed by atoms with Crippen molar-refractivity contribution in [3.63, 3.8) is 0 Å². The summed E-state index contributed by atoms with van der Waals surface area (Å²) in [4.78, 5) is 14.7. The van der Waals surface area contributed by atoms with Crippen LogP contribution in [0.15, 0.2) is 72.8 Å². The quantitative estimate of drug-likeness (QED) is 0.648. The molecule has 29 heavy (non-hydrogen) atoms. The second-order valence-electron chi connectivity index (χ2n) is 7.02. The number of anilines is 2. The Morgan fingerprint density at radius 2 is 1.83 bits per heavy atom. The number of amides is 1. The zero-order chi connectivity index (χ0) is 20.1. The molecule has 5 nitrogen and oxygen atoms in total. The van der Waals surface area contributed by atoms with Gasteiger partial charge in [0.1, 0.15) is 11.5 Å². The third-order valence-corrected chi connectivity index (χ3v) is 5.04. The number of para-hydroxylation sites is 2. The van der Waals surface area contributed by atoms with E-state index >= 15 is 0 Å². The highest BCUT2D eigenvalue weighted by molar-refractivity contribution is 5.88. The lowest BCUT2D eigenvalue weighted by Crippen LogP contribution is -2.29. The lowest BCUT2D eigenvalue weighted by Gasteiger charge is -2.31. The van der Waals surface area contributed by atoms with E-state index in [1.807, 2.05) is 30.3 Å². The van der Waals surface area contributed by atoms with E-state index in [0.717, 1.165) is 31.6 Å². The third-order valence-electron chi connectivity index (χ3n) is 5.04. The topological polar surface area (TPSA) is 50.8 Å². The molecule has 0 saturated carbocycles. The lowest BCUT2D eigenvalue weighted by atomic mass is 10.0. The van der Waals surface area contributed by atoms with Gasteiger partial charge in [0, 0.05) is 24.8 Å².